The molecule has 0 spiro atoms. The van der Waals surface area contributed by atoms with E-state index in [1.807, 2.05) is 19.1 Å². The maximum atomic E-state index is 12.5. The van der Waals surface area contributed by atoms with Crippen molar-refractivity contribution in [1.29, 1.82) is 0 Å². The SMILES string of the molecule is Cc1c(O[C@H](C)C(=O)NCCCN2CCOCC2)ccc2c3c(c(=O)oc12)CCCC3. The molecule has 2 aromatic rings. The molecule has 1 N–H and O–H groups in total. The van der Waals surface area contributed by atoms with Gasteiger partial charge in [0, 0.05) is 36.1 Å². The number of amides is 1. The smallest absolute Gasteiger partial charge is 0.339 e. The molecule has 0 saturated carbocycles. The van der Waals surface area contributed by atoms with Crippen molar-refractivity contribution in [2.45, 2.75) is 52.1 Å². The van der Waals surface area contributed by atoms with E-state index in [0.29, 0.717) is 17.9 Å². The van der Waals surface area contributed by atoms with Crippen molar-refractivity contribution < 1.29 is 18.7 Å². The highest BCUT2D eigenvalue weighted by Crippen LogP contribution is 2.32. The first kappa shape index (κ1) is 21.8. The minimum atomic E-state index is -0.635. The summed E-state index contributed by atoms with van der Waals surface area (Å²) in [6.45, 7) is 8.65. The van der Waals surface area contributed by atoms with Crippen molar-refractivity contribution in [3.05, 3.63) is 39.2 Å². The number of hydrogen-bond donors (Lipinski definition) is 1. The monoisotopic (exact) mass is 428 g/mol. The molecule has 7 nitrogen and oxygen atoms in total. The van der Waals surface area contributed by atoms with E-state index in [-0.39, 0.29) is 11.5 Å². The Labute approximate surface area is 182 Å². The number of aryl methyl sites for hydroxylation is 2. The predicted octanol–water partition coefficient (Wildman–Crippen LogP) is 2.59. The zero-order chi connectivity index (χ0) is 21.8. The van der Waals surface area contributed by atoms with Crippen molar-refractivity contribution in [3.8, 4) is 5.75 Å². The van der Waals surface area contributed by atoms with Gasteiger partial charge >= 0.3 is 5.63 Å². The van der Waals surface area contributed by atoms with Crippen LogP contribution in [0.2, 0.25) is 0 Å². The molecule has 31 heavy (non-hydrogen) atoms. The number of fused-ring (bicyclic) bond motifs is 3. The highest BCUT2D eigenvalue weighted by molar-refractivity contribution is 5.86. The van der Waals surface area contributed by atoms with E-state index in [1.54, 1.807) is 6.92 Å². The number of nitrogens with one attached hydrogen (secondary N) is 1. The van der Waals surface area contributed by atoms with Gasteiger partial charge in [-0.05, 0) is 70.2 Å². The summed E-state index contributed by atoms with van der Waals surface area (Å²) in [5, 5.41) is 3.94. The highest BCUT2D eigenvalue weighted by atomic mass is 16.5. The van der Waals surface area contributed by atoms with Gasteiger partial charge in [0.1, 0.15) is 11.3 Å². The summed E-state index contributed by atoms with van der Waals surface area (Å²) in [5.41, 5.74) is 3.01. The van der Waals surface area contributed by atoms with Crippen molar-refractivity contribution in [2.24, 2.45) is 0 Å². The van der Waals surface area contributed by atoms with Gasteiger partial charge in [-0.3, -0.25) is 9.69 Å². The lowest BCUT2D eigenvalue weighted by molar-refractivity contribution is -0.127. The fourth-order valence-electron chi connectivity index (χ4n) is 4.48. The molecular weight excluding hydrogens is 396 g/mol. The Balaban J connectivity index is 1.37. The number of hydrogen-bond acceptors (Lipinski definition) is 6. The second-order valence-electron chi connectivity index (χ2n) is 8.48. The molecule has 0 bridgehead atoms. The first-order valence-electron chi connectivity index (χ1n) is 11.4. The number of carbonyl (C=O) groups excluding carboxylic acids is 1. The number of ether oxygens (including phenoxy) is 2. The predicted molar refractivity (Wildman–Crippen MR) is 119 cm³/mol. The number of benzene rings is 1. The fraction of sp³-hybridized carbons (Fsp3) is 0.583. The van der Waals surface area contributed by atoms with Crippen molar-refractivity contribution in [3.63, 3.8) is 0 Å². The molecule has 2 heterocycles. The fourth-order valence-corrected chi connectivity index (χ4v) is 4.48. The molecule has 1 aliphatic heterocycles. The average molecular weight is 429 g/mol. The van der Waals surface area contributed by atoms with Crippen LogP contribution in [0.3, 0.4) is 0 Å². The van der Waals surface area contributed by atoms with Crippen LogP contribution >= 0.6 is 0 Å². The van der Waals surface area contributed by atoms with Crippen LogP contribution in [0.1, 0.15) is 42.9 Å². The molecule has 4 rings (SSSR count). The van der Waals surface area contributed by atoms with E-state index in [0.717, 1.165) is 87.0 Å². The lowest BCUT2D eigenvalue weighted by atomic mass is 9.90. The van der Waals surface area contributed by atoms with Gasteiger partial charge in [-0.15, -0.1) is 0 Å². The molecule has 1 fully saturated rings. The van der Waals surface area contributed by atoms with E-state index in [9.17, 15) is 9.59 Å². The summed E-state index contributed by atoms with van der Waals surface area (Å²) in [4.78, 5) is 27.3. The Morgan fingerprint density at radius 2 is 1.94 bits per heavy atom. The van der Waals surface area contributed by atoms with E-state index in [4.69, 9.17) is 13.9 Å². The highest BCUT2D eigenvalue weighted by Gasteiger charge is 2.22. The van der Waals surface area contributed by atoms with Gasteiger partial charge in [0.2, 0.25) is 0 Å². The molecule has 1 aromatic carbocycles. The van der Waals surface area contributed by atoms with Crippen molar-refractivity contribution >= 4 is 16.9 Å². The van der Waals surface area contributed by atoms with E-state index in [1.165, 1.54) is 0 Å². The first-order chi connectivity index (χ1) is 15.0. The second kappa shape index (κ2) is 9.83. The number of carbonyl (C=O) groups is 1. The number of morpholine rings is 1. The topological polar surface area (TPSA) is 81.0 Å². The van der Waals surface area contributed by atoms with Gasteiger partial charge in [-0.2, -0.15) is 0 Å². The van der Waals surface area contributed by atoms with Crippen LogP contribution in [0.25, 0.3) is 11.0 Å². The molecule has 7 heteroatoms. The minimum Gasteiger partial charge on any atom is -0.480 e. The Bertz CT molecular complexity index is 994. The molecule has 1 aromatic heterocycles. The van der Waals surface area contributed by atoms with Crippen LogP contribution in [0.5, 0.6) is 5.75 Å². The minimum absolute atomic E-state index is 0.145. The Kier molecular flexibility index (Phi) is 6.92. The maximum Gasteiger partial charge on any atom is 0.339 e. The van der Waals surface area contributed by atoms with Crippen molar-refractivity contribution in [2.75, 3.05) is 39.4 Å². The van der Waals surface area contributed by atoms with Gasteiger partial charge in [0.05, 0.1) is 13.2 Å². The van der Waals surface area contributed by atoms with Crippen LogP contribution in [0.15, 0.2) is 21.3 Å². The lowest BCUT2D eigenvalue weighted by Gasteiger charge is -2.26. The molecule has 1 saturated heterocycles. The summed E-state index contributed by atoms with van der Waals surface area (Å²) in [5.74, 6) is 0.427. The van der Waals surface area contributed by atoms with Crippen LogP contribution in [-0.4, -0.2) is 56.3 Å². The van der Waals surface area contributed by atoms with Gasteiger partial charge in [0.25, 0.3) is 5.91 Å². The van der Waals surface area contributed by atoms with Crippen LogP contribution < -0.4 is 15.7 Å². The zero-order valence-corrected chi connectivity index (χ0v) is 18.5. The molecule has 2 aliphatic rings. The lowest BCUT2D eigenvalue weighted by Crippen LogP contribution is -2.40. The molecular formula is C24H32N2O5. The van der Waals surface area contributed by atoms with E-state index >= 15 is 0 Å². The Morgan fingerprint density at radius 1 is 1.19 bits per heavy atom. The summed E-state index contributed by atoms with van der Waals surface area (Å²) in [6, 6.07) is 3.84. The molecule has 1 amide bonds. The summed E-state index contributed by atoms with van der Waals surface area (Å²) >= 11 is 0. The van der Waals surface area contributed by atoms with Gasteiger partial charge in [-0.1, -0.05) is 0 Å². The van der Waals surface area contributed by atoms with E-state index < -0.39 is 6.10 Å². The molecule has 1 atom stereocenters. The standard InChI is InChI=1S/C24H32N2O5/c1-16-21(9-8-19-18-6-3-4-7-20(18)24(28)31-22(16)19)30-17(2)23(27)25-10-5-11-26-12-14-29-15-13-26/h8-9,17H,3-7,10-15H2,1-2H3,(H,25,27)/t17-/m1/s1. The van der Waals surface area contributed by atoms with Crippen LogP contribution in [0, 0.1) is 6.92 Å². The molecule has 1 aliphatic carbocycles. The Morgan fingerprint density at radius 3 is 2.71 bits per heavy atom. The molecule has 168 valence electrons. The largest absolute Gasteiger partial charge is 0.480 e. The normalized spacial score (nSPS) is 17.9. The summed E-state index contributed by atoms with van der Waals surface area (Å²) in [7, 11) is 0. The summed E-state index contributed by atoms with van der Waals surface area (Å²) < 4.78 is 17.0. The third-order valence-corrected chi connectivity index (χ3v) is 6.32. The average Bonchev–Trinajstić information content (AvgIpc) is 2.79. The summed E-state index contributed by atoms with van der Waals surface area (Å²) in [6.07, 6.45) is 4.06. The zero-order valence-electron chi connectivity index (χ0n) is 18.5. The number of nitrogens with zero attached hydrogens (tertiary/aromatic N) is 1. The molecule has 0 radical (unpaired) electrons. The quantitative estimate of drug-likeness (QED) is 0.539. The molecule has 0 unspecified atom stereocenters. The number of rotatable bonds is 7. The maximum absolute atomic E-state index is 12.5. The third kappa shape index (κ3) is 4.93. The van der Waals surface area contributed by atoms with Crippen LogP contribution in [-0.2, 0) is 22.4 Å². The van der Waals surface area contributed by atoms with Gasteiger partial charge < -0.3 is 19.2 Å². The first-order valence-corrected chi connectivity index (χ1v) is 11.4. The van der Waals surface area contributed by atoms with Crippen molar-refractivity contribution in [1.82, 2.24) is 10.2 Å². The second-order valence-corrected chi connectivity index (χ2v) is 8.48. The van der Waals surface area contributed by atoms with E-state index in [2.05, 4.69) is 10.2 Å². The van der Waals surface area contributed by atoms with Gasteiger partial charge in [-0.25, -0.2) is 4.79 Å². The third-order valence-electron chi connectivity index (χ3n) is 6.32. The van der Waals surface area contributed by atoms with Crippen LogP contribution in [0.4, 0.5) is 0 Å². The Hall–Kier alpha value is -2.38. The van der Waals surface area contributed by atoms with Gasteiger partial charge in [0.15, 0.2) is 6.10 Å².